The van der Waals surface area contributed by atoms with Gasteiger partial charge in [0, 0.05) is 0 Å². The summed E-state index contributed by atoms with van der Waals surface area (Å²) in [7, 11) is -2.58. The molecule has 0 fully saturated rings. The van der Waals surface area contributed by atoms with Crippen LogP contribution in [0.2, 0.25) is 0 Å². The largest absolute Gasteiger partial charge is 0.227 e. The molecule has 0 saturated heterocycles. The molecule has 0 bridgehead atoms. The Bertz CT molecular complexity index is 814. The molecule has 3 rings (SSSR count). The van der Waals surface area contributed by atoms with Crippen LogP contribution >= 0.6 is 0 Å². The lowest BCUT2D eigenvalue weighted by molar-refractivity contribution is 0.614. The Balaban J connectivity index is 2.25. The Hall–Kier alpha value is -2.39. The zero-order valence-electron chi connectivity index (χ0n) is 11.3. The van der Waals surface area contributed by atoms with E-state index in [1.165, 1.54) is 0 Å². The zero-order valence-corrected chi connectivity index (χ0v) is 12.2. The first kappa shape index (κ1) is 13.6. The summed E-state index contributed by atoms with van der Waals surface area (Å²) in [5.74, 6) is 0. The Morgan fingerprint density at radius 1 is 0.571 bits per heavy atom. The molecule has 0 amide bonds. The van der Waals surface area contributed by atoms with Crippen molar-refractivity contribution in [2.24, 2.45) is 0 Å². The fourth-order valence-electron chi connectivity index (χ4n) is 2.37. The molecule has 3 aromatic carbocycles. The van der Waals surface area contributed by atoms with Gasteiger partial charge in [0.1, 0.15) is 0 Å². The molecular weight excluding hydrogens is 280 g/mol. The Labute approximate surface area is 125 Å². The van der Waals surface area contributed by atoms with Crippen molar-refractivity contribution in [1.82, 2.24) is 0 Å². The normalized spacial score (nSPS) is 10.7. The highest BCUT2D eigenvalue weighted by Gasteiger charge is 2.09. The van der Waals surface area contributed by atoms with Gasteiger partial charge in [-0.05, 0) is 34.4 Å². The van der Waals surface area contributed by atoms with Crippen molar-refractivity contribution in [2.45, 2.75) is 4.90 Å². The van der Waals surface area contributed by atoms with E-state index in [1.54, 1.807) is 12.1 Å². The topological polar surface area (TPSA) is 34.1 Å². The molecule has 0 N–H and O–H groups in total. The van der Waals surface area contributed by atoms with E-state index in [4.69, 9.17) is 0 Å². The van der Waals surface area contributed by atoms with Crippen LogP contribution in [-0.2, 0) is 10.7 Å². The molecule has 0 saturated carbocycles. The lowest BCUT2D eigenvalue weighted by Crippen LogP contribution is -1.88. The van der Waals surface area contributed by atoms with E-state index >= 15 is 0 Å². The van der Waals surface area contributed by atoms with Crippen LogP contribution in [0, 0.1) is 0 Å². The summed E-state index contributed by atoms with van der Waals surface area (Å²) >= 11 is 0. The second-order valence-electron chi connectivity index (χ2n) is 4.72. The molecule has 0 spiro atoms. The van der Waals surface area contributed by atoms with Gasteiger partial charge in [-0.15, -0.1) is 0 Å². The van der Waals surface area contributed by atoms with E-state index in [-0.39, 0.29) is 0 Å². The average Bonchev–Trinajstić information content (AvgIpc) is 2.56. The van der Waals surface area contributed by atoms with Crippen LogP contribution in [0.1, 0.15) is 0 Å². The van der Waals surface area contributed by atoms with Crippen molar-refractivity contribution in [2.75, 3.05) is 0 Å². The molecule has 2 nitrogen and oxygen atoms in total. The summed E-state index contributed by atoms with van der Waals surface area (Å²) in [4.78, 5) is 0.337. The van der Waals surface area contributed by atoms with Crippen LogP contribution < -0.4 is 0 Å². The predicted molar refractivity (Wildman–Crippen MR) is 85.9 cm³/mol. The van der Waals surface area contributed by atoms with Gasteiger partial charge in [-0.1, -0.05) is 66.7 Å². The van der Waals surface area contributed by atoms with Crippen LogP contribution in [0.25, 0.3) is 22.3 Å². The number of thiol groups is 1. The minimum absolute atomic E-state index is 0.337. The second-order valence-corrected chi connectivity index (χ2v) is 5.75. The van der Waals surface area contributed by atoms with Crippen LogP contribution in [0.15, 0.2) is 83.8 Å². The Kier molecular flexibility index (Phi) is 3.84. The van der Waals surface area contributed by atoms with Gasteiger partial charge in [-0.3, -0.25) is 0 Å². The van der Waals surface area contributed by atoms with Gasteiger partial charge in [0.05, 0.1) is 4.90 Å². The fourth-order valence-corrected chi connectivity index (χ4v) is 2.80. The van der Waals surface area contributed by atoms with Gasteiger partial charge in [0.25, 0.3) is 0 Å². The summed E-state index contributed by atoms with van der Waals surface area (Å²) in [5.41, 5.74) is 4.04. The van der Waals surface area contributed by atoms with Crippen molar-refractivity contribution in [1.29, 1.82) is 0 Å². The maximum Gasteiger partial charge on any atom is 0.168 e. The molecule has 0 aliphatic carbocycles. The minimum Gasteiger partial charge on any atom is -0.227 e. The van der Waals surface area contributed by atoms with Gasteiger partial charge in [0.2, 0.25) is 0 Å². The molecule has 0 unspecified atom stereocenters. The number of benzene rings is 3. The molecule has 3 heteroatoms. The first-order valence-corrected chi connectivity index (χ1v) is 7.83. The summed E-state index contributed by atoms with van der Waals surface area (Å²) in [5, 5.41) is 0. The summed E-state index contributed by atoms with van der Waals surface area (Å²) in [6, 6.07) is 25.1. The van der Waals surface area contributed by atoms with Crippen LogP contribution in [0.3, 0.4) is 0 Å². The highest BCUT2D eigenvalue weighted by molar-refractivity contribution is 7.72. The van der Waals surface area contributed by atoms with E-state index in [2.05, 4.69) is 0 Å². The zero-order chi connectivity index (χ0) is 14.7. The maximum atomic E-state index is 11.3. The molecule has 3 aromatic rings. The maximum absolute atomic E-state index is 11.3. The van der Waals surface area contributed by atoms with Gasteiger partial charge in [-0.2, -0.15) is 0 Å². The first-order valence-electron chi connectivity index (χ1n) is 6.65. The van der Waals surface area contributed by atoms with Crippen molar-refractivity contribution in [3.63, 3.8) is 0 Å². The summed E-state index contributed by atoms with van der Waals surface area (Å²) in [6.07, 6.45) is 0. The molecule has 0 atom stereocenters. The fraction of sp³-hybridized carbons (Fsp3) is 0. The Morgan fingerprint density at radius 2 is 1.10 bits per heavy atom. The molecule has 0 aliphatic heterocycles. The van der Waals surface area contributed by atoms with E-state index < -0.39 is 10.7 Å². The van der Waals surface area contributed by atoms with Crippen molar-refractivity contribution in [3.05, 3.63) is 78.9 Å². The standard InChI is InChI=1S/C18H14O2S/c19-21(20)16-11-12-17(14-7-3-1-4-8-14)18(13-16)15-9-5-2-6-10-15/h1-13,21H. The van der Waals surface area contributed by atoms with E-state index in [9.17, 15) is 8.42 Å². The average molecular weight is 294 g/mol. The molecule has 104 valence electrons. The van der Waals surface area contributed by atoms with E-state index in [0.717, 1.165) is 22.3 Å². The van der Waals surface area contributed by atoms with Crippen LogP contribution in [0.5, 0.6) is 0 Å². The van der Waals surface area contributed by atoms with Crippen LogP contribution in [0.4, 0.5) is 0 Å². The van der Waals surface area contributed by atoms with Crippen molar-refractivity contribution < 1.29 is 8.42 Å². The third-order valence-electron chi connectivity index (χ3n) is 3.38. The minimum atomic E-state index is -2.58. The second kappa shape index (κ2) is 5.94. The molecule has 0 aliphatic rings. The highest BCUT2D eigenvalue weighted by atomic mass is 32.2. The van der Waals surface area contributed by atoms with Crippen LogP contribution in [-0.4, -0.2) is 8.42 Å². The predicted octanol–water partition coefficient (Wildman–Crippen LogP) is 3.99. The van der Waals surface area contributed by atoms with Gasteiger partial charge >= 0.3 is 0 Å². The lowest BCUT2D eigenvalue weighted by atomic mass is 9.95. The van der Waals surface area contributed by atoms with E-state index in [0.29, 0.717) is 4.90 Å². The van der Waals surface area contributed by atoms with Gasteiger partial charge in [-0.25, -0.2) is 8.42 Å². The van der Waals surface area contributed by atoms with Gasteiger partial charge in [0.15, 0.2) is 10.7 Å². The summed E-state index contributed by atoms with van der Waals surface area (Å²) < 4.78 is 22.5. The molecule has 21 heavy (non-hydrogen) atoms. The monoisotopic (exact) mass is 294 g/mol. The summed E-state index contributed by atoms with van der Waals surface area (Å²) in [6.45, 7) is 0. The third-order valence-corrected chi connectivity index (χ3v) is 4.08. The quantitative estimate of drug-likeness (QED) is 0.741. The van der Waals surface area contributed by atoms with E-state index in [1.807, 2.05) is 66.7 Å². The number of hydrogen-bond donors (Lipinski definition) is 1. The van der Waals surface area contributed by atoms with Crippen molar-refractivity contribution >= 4 is 10.7 Å². The molecule has 0 radical (unpaired) electrons. The smallest absolute Gasteiger partial charge is 0.168 e. The number of hydrogen-bond acceptors (Lipinski definition) is 2. The molecule has 0 heterocycles. The lowest BCUT2D eigenvalue weighted by Gasteiger charge is -2.11. The SMILES string of the molecule is O=[SH](=O)c1ccc(-c2ccccc2)c(-c2ccccc2)c1. The van der Waals surface area contributed by atoms with Crippen molar-refractivity contribution in [3.8, 4) is 22.3 Å². The molecular formula is C18H14O2S. The third kappa shape index (κ3) is 2.88. The number of rotatable bonds is 3. The van der Waals surface area contributed by atoms with Gasteiger partial charge < -0.3 is 0 Å². The first-order chi connectivity index (χ1) is 10.3. The Morgan fingerprint density at radius 3 is 1.62 bits per heavy atom. The highest BCUT2D eigenvalue weighted by Crippen LogP contribution is 2.33. The molecule has 0 aromatic heterocycles.